The first-order chi connectivity index (χ1) is 14.8. The van der Waals surface area contributed by atoms with E-state index in [1.807, 2.05) is 6.07 Å². The van der Waals surface area contributed by atoms with Crippen molar-refractivity contribution in [1.29, 1.82) is 0 Å². The molecule has 0 radical (unpaired) electrons. The molecule has 1 amide bonds. The van der Waals surface area contributed by atoms with Crippen LogP contribution in [0.1, 0.15) is 25.0 Å². The number of Topliss-reactive ketones (excluding diaryl/α,β-unsaturated/α-hetero) is 1. The van der Waals surface area contributed by atoms with Gasteiger partial charge < -0.3 is 20.5 Å². The molecule has 0 aromatic heterocycles. The standard InChI is InChI=1S/C23H19BrN2O5/c1-3-30-21(28)18-20(25)31-19(13-7-5-4-6-8-13)17(12(2)27)23(18)15-11-14(24)9-10-16(15)26-22(23)29/h4-11H,3,25H2,1-2H3,(H,26,29). The van der Waals surface area contributed by atoms with E-state index in [4.69, 9.17) is 15.2 Å². The molecule has 2 aliphatic rings. The fraction of sp³-hybridized carbons (Fsp3) is 0.174. The Balaban J connectivity index is 2.15. The van der Waals surface area contributed by atoms with Crippen LogP contribution >= 0.6 is 15.9 Å². The van der Waals surface area contributed by atoms with Gasteiger partial charge in [0.25, 0.3) is 0 Å². The Morgan fingerprint density at radius 3 is 2.52 bits per heavy atom. The highest BCUT2D eigenvalue weighted by Gasteiger charge is 2.61. The Bertz CT molecular complexity index is 1190. The average molecular weight is 483 g/mol. The van der Waals surface area contributed by atoms with Gasteiger partial charge in [-0.15, -0.1) is 0 Å². The lowest BCUT2D eigenvalue weighted by Crippen LogP contribution is -2.47. The van der Waals surface area contributed by atoms with E-state index in [1.165, 1.54) is 6.92 Å². The molecule has 1 atom stereocenters. The summed E-state index contributed by atoms with van der Waals surface area (Å²) >= 11 is 3.42. The maximum atomic E-state index is 13.6. The predicted molar refractivity (Wildman–Crippen MR) is 117 cm³/mol. The van der Waals surface area contributed by atoms with Crippen LogP contribution in [-0.2, 0) is 29.3 Å². The van der Waals surface area contributed by atoms with Crippen LogP contribution in [0.2, 0.25) is 0 Å². The zero-order valence-electron chi connectivity index (χ0n) is 16.8. The van der Waals surface area contributed by atoms with Crippen molar-refractivity contribution in [2.75, 3.05) is 11.9 Å². The lowest BCUT2D eigenvalue weighted by molar-refractivity contribution is -0.140. The second kappa shape index (κ2) is 7.70. The molecular weight excluding hydrogens is 464 g/mol. The van der Waals surface area contributed by atoms with E-state index in [-0.39, 0.29) is 29.4 Å². The lowest BCUT2D eigenvalue weighted by Gasteiger charge is -2.36. The van der Waals surface area contributed by atoms with Crippen molar-refractivity contribution >= 4 is 45.0 Å². The highest BCUT2D eigenvalue weighted by molar-refractivity contribution is 9.10. The van der Waals surface area contributed by atoms with Gasteiger partial charge in [0.1, 0.15) is 16.7 Å². The van der Waals surface area contributed by atoms with Crippen molar-refractivity contribution < 1.29 is 23.9 Å². The molecule has 158 valence electrons. The van der Waals surface area contributed by atoms with Crippen LogP contribution in [0.15, 0.2) is 70.0 Å². The summed E-state index contributed by atoms with van der Waals surface area (Å²) in [7, 11) is 0. The molecular formula is C23H19BrN2O5. The third-order valence-corrected chi connectivity index (χ3v) is 5.77. The maximum Gasteiger partial charge on any atom is 0.341 e. The number of rotatable bonds is 4. The summed E-state index contributed by atoms with van der Waals surface area (Å²) in [6.45, 7) is 3.03. The first-order valence-electron chi connectivity index (χ1n) is 9.60. The smallest absolute Gasteiger partial charge is 0.341 e. The van der Waals surface area contributed by atoms with Gasteiger partial charge in [0.05, 0.1) is 12.2 Å². The number of halogens is 1. The van der Waals surface area contributed by atoms with Crippen molar-refractivity contribution in [1.82, 2.24) is 0 Å². The monoisotopic (exact) mass is 482 g/mol. The number of nitrogens with two attached hydrogens (primary N) is 1. The van der Waals surface area contributed by atoms with Crippen LogP contribution in [0, 0.1) is 0 Å². The number of fused-ring (bicyclic) bond motifs is 2. The Hall–Kier alpha value is -3.39. The lowest BCUT2D eigenvalue weighted by atomic mass is 9.66. The minimum atomic E-state index is -1.81. The van der Waals surface area contributed by atoms with Gasteiger partial charge in [-0.25, -0.2) is 4.79 Å². The minimum Gasteiger partial charge on any atom is -0.462 e. The molecule has 4 rings (SSSR count). The molecule has 0 aliphatic carbocycles. The minimum absolute atomic E-state index is 0.0188. The molecule has 2 aromatic carbocycles. The van der Waals surface area contributed by atoms with Crippen LogP contribution in [0.3, 0.4) is 0 Å². The zero-order valence-corrected chi connectivity index (χ0v) is 18.4. The highest BCUT2D eigenvalue weighted by atomic mass is 79.9. The van der Waals surface area contributed by atoms with Gasteiger partial charge in [-0.1, -0.05) is 46.3 Å². The number of amides is 1. The molecule has 1 spiro atoms. The fourth-order valence-corrected chi connectivity index (χ4v) is 4.50. The van der Waals surface area contributed by atoms with E-state index < -0.39 is 23.1 Å². The number of anilines is 1. The van der Waals surface area contributed by atoms with Crippen LogP contribution in [0.5, 0.6) is 0 Å². The molecule has 3 N–H and O–H groups in total. The quantitative estimate of drug-likeness (QED) is 0.646. The van der Waals surface area contributed by atoms with Crippen LogP contribution in [0.4, 0.5) is 5.69 Å². The van der Waals surface area contributed by atoms with Gasteiger partial charge in [-0.05, 0) is 32.0 Å². The van der Waals surface area contributed by atoms with Crippen molar-refractivity contribution in [3.05, 3.63) is 81.2 Å². The molecule has 0 bridgehead atoms. The van der Waals surface area contributed by atoms with Gasteiger partial charge in [-0.3, -0.25) is 9.59 Å². The number of carbonyl (C=O) groups excluding carboxylic acids is 3. The summed E-state index contributed by atoms with van der Waals surface area (Å²) in [5.41, 5.74) is 5.66. The van der Waals surface area contributed by atoms with E-state index in [0.29, 0.717) is 21.3 Å². The van der Waals surface area contributed by atoms with Crippen LogP contribution < -0.4 is 11.1 Å². The first-order valence-corrected chi connectivity index (χ1v) is 10.4. The van der Waals surface area contributed by atoms with Gasteiger partial charge in [0, 0.05) is 21.3 Å². The molecule has 2 aromatic rings. The normalized spacial score (nSPS) is 19.8. The molecule has 1 unspecified atom stereocenters. The largest absolute Gasteiger partial charge is 0.462 e. The van der Waals surface area contributed by atoms with Crippen LogP contribution in [-0.4, -0.2) is 24.3 Å². The van der Waals surface area contributed by atoms with Gasteiger partial charge in [-0.2, -0.15) is 0 Å². The number of hydrogen-bond donors (Lipinski definition) is 2. The van der Waals surface area contributed by atoms with E-state index in [9.17, 15) is 14.4 Å². The number of carbonyl (C=O) groups is 3. The Morgan fingerprint density at radius 2 is 1.87 bits per heavy atom. The Morgan fingerprint density at radius 1 is 1.16 bits per heavy atom. The molecule has 7 nitrogen and oxygen atoms in total. The van der Waals surface area contributed by atoms with Gasteiger partial charge in [0.15, 0.2) is 5.78 Å². The molecule has 0 fully saturated rings. The summed E-state index contributed by atoms with van der Waals surface area (Å²) in [6, 6.07) is 14.0. The van der Waals surface area contributed by atoms with Crippen LogP contribution in [0.25, 0.3) is 5.76 Å². The van der Waals surface area contributed by atoms with Crippen molar-refractivity contribution in [2.24, 2.45) is 5.73 Å². The number of ketones is 1. The second-order valence-corrected chi connectivity index (χ2v) is 8.00. The number of nitrogens with one attached hydrogen (secondary N) is 1. The summed E-state index contributed by atoms with van der Waals surface area (Å²) in [5.74, 6) is -1.99. The SMILES string of the molecule is CCOC(=O)C1=C(N)OC(c2ccccc2)=C(C(C)=O)C12C(=O)Nc1ccc(Br)cc12. The van der Waals surface area contributed by atoms with Crippen molar-refractivity contribution in [3.8, 4) is 0 Å². The number of benzene rings is 2. The van der Waals surface area contributed by atoms with E-state index >= 15 is 0 Å². The van der Waals surface area contributed by atoms with Gasteiger partial charge in [0.2, 0.25) is 11.8 Å². The Labute approximate surface area is 187 Å². The third kappa shape index (κ3) is 3.06. The molecule has 31 heavy (non-hydrogen) atoms. The second-order valence-electron chi connectivity index (χ2n) is 7.08. The number of hydrogen-bond acceptors (Lipinski definition) is 6. The molecule has 0 saturated carbocycles. The summed E-state index contributed by atoms with van der Waals surface area (Å²) < 4.78 is 11.7. The molecule has 2 heterocycles. The van der Waals surface area contributed by atoms with E-state index in [2.05, 4.69) is 21.2 Å². The third-order valence-electron chi connectivity index (χ3n) is 5.28. The van der Waals surface area contributed by atoms with Crippen molar-refractivity contribution in [3.63, 3.8) is 0 Å². The highest BCUT2D eigenvalue weighted by Crippen LogP contribution is 2.54. The summed E-state index contributed by atoms with van der Waals surface area (Å²) in [6.07, 6.45) is 0. The average Bonchev–Trinajstić information content (AvgIpc) is 3.00. The number of ether oxygens (including phenoxy) is 2. The van der Waals surface area contributed by atoms with E-state index in [1.54, 1.807) is 49.4 Å². The number of esters is 1. The fourth-order valence-electron chi connectivity index (χ4n) is 4.14. The first kappa shape index (κ1) is 20.9. The summed E-state index contributed by atoms with van der Waals surface area (Å²) in [4.78, 5) is 39.7. The predicted octanol–water partition coefficient (Wildman–Crippen LogP) is 3.40. The molecule has 2 aliphatic heterocycles. The molecule has 8 heteroatoms. The summed E-state index contributed by atoms with van der Waals surface area (Å²) in [5, 5.41) is 2.79. The molecule has 0 saturated heterocycles. The zero-order chi connectivity index (χ0) is 22.3. The Kier molecular flexibility index (Phi) is 5.18. The van der Waals surface area contributed by atoms with Gasteiger partial charge >= 0.3 is 5.97 Å². The topological polar surface area (TPSA) is 108 Å². The maximum absolute atomic E-state index is 13.6. The van der Waals surface area contributed by atoms with Crippen molar-refractivity contribution in [2.45, 2.75) is 19.3 Å². The van der Waals surface area contributed by atoms with E-state index in [0.717, 1.165) is 0 Å².